The number of hydrogen-bond donors (Lipinski definition) is 1. The fraction of sp³-hybridized carbons (Fsp3) is 0.353. The minimum atomic E-state index is 0.174. The van der Waals surface area contributed by atoms with E-state index in [4.69, 9.17) is 4.74 Å². The van der Waals surface area contributed by atoms with Gasteiger partial charge in [0.2, 0.25) is 0 Å². The molecule has 0 saturated heterocycles. The third kappa shape index (κ3) is 3.17. The highest BCUT2D eigenvalue weighted by Gasteiger charge is 2.16. The number of hydrogen-bond acceptors (Lipinski definition) is 3. The molecule has 106 valence electrons. The monoisotopic (exact) mass is 270 g/mol. The number of aryl methyl sites for hydroxylation is 1. The van der Waals surface area contributed by atoms with Gasteiger partial charge in [0.1, 0.15) is 5.75 Å². The summed E-state index contributed by atoms with van der Waals surface area (Å²) in [5.41, 5.74) is 3.78. The second kappa shape index (κ2) is 7.06. The molecule has 1 aromatic heterocycles. The van der Waals surface area contributed by atoms with Gasteiger partial charge in [-0.15, -0.1) is 0 Å². The number of aromatic nitrogens is 1. The van der Waals surface area contributed by atoms with Gasteiger partial charge in [0, 0.05) is 12.4 Å². The molecule has 0 aliphatic heterocycles. The van der Waals surface area contributed by atoms with E-state index in [1.54, 1.807) is 7.11 Å². The molecule has 0 aliphatic carbocycles. The first-order valence-corrected chi connectivity index (χ1v) is 7.10. The zero-order chi connectivity index (χ0) is 14.4. The molecule has 3 nitrogen and oxygen atoms in total. The lowest BCUT2D eigenvalue weighted by atomic mass is 9.94. The van der Waals surface area contributed by atoms with Crippen molar-refractivity contribution in [3.05, 3.63) is 59.4 Å². The summed E-state index contributed by atoms with van der Waals surface area (Å²) in [6, 6.07) is 10.5. The molecule has 0 radical (unpaired) electrons. The molecular formula is C17H22N2O. The van der Waals surface area contributed by atoms with Gasteiger partial charge in [0.25, 0.3) is 0 Å². The van der Waals surface area contributed by atoms with E-state index >= 15 is 0 Å². The van der Waals surface area contributed by atoms with Crippen LogP contribution in [0.5, 0.6) is 5.75 Å². The minimum absolute atomic E-state index is 0.174. The summed E-state index contributed by atoms with van der Waals surface area (Å²) in [7, 11) is 1.70. The predicted molar refractivity (Wildman–Crippen MR) is 82.1 cm³/mol. The molecule has 0 bridgehead atoms. The van der Waals surface area contributed by atoms with Crippen LogP contribution in [-0.4, -0.2) is 18.6 Å². The van der Waals surface area contributed by atoms with E-state index in [0.717, 1.165) is 18.7 Å². The van der Waals surface area contributed by atoms with E-state index < -0.39 is 0 Å². The van der Waals surface area contributed by atoms with Gasteiger partial charge in [-0.1, -0.05) is 26.0 Å². The van der Waals surface area contributed by atoms with Gasteiger partial charge in [0.05, 0.1) is 13.2 Å². The highest BCUT2D eigenvalue weighted by atomic mass is 16.5. The summed E-state index contributed by atoms with van der Waals surface area (Å²) < 4.78 is 5.34. The second-order valence-corrected chi connectivity index (χ2v) is 4.70. The Kier molecular flexibility index (Phi) is 5.13. The van der Waals surface area contributed by atoms with Crippen LogP contribution in [0.3, 0.4) is 0 Å². The molecular weight excluding hydrogens is 248 g/mol. The van der Waals surface area contributed by atoms with Crippen molar-refractivity contribution in [2.75, 3.05) is 13.7 Å². The summed E-state index contributed by atoms with van der Waals surface area (Å²) in [6.07, 6.45) is 4.80. The Morgan fingerprint density at radius 2 is 2.10 bits per heavy atom. The number of nitrogens with one attached hydrogen (secondary N) is 1. The topological polar surface area (TPSA) is 34.1 Å². The SMILES string of the molecule is CCNC(c1cccc(OC)c1)c1ccncc1CC. The number of benzene rings is 1. The van der Waals surface area contributed by atoms with Crippen LogP contribution < -0.4 is 10.1 Å². The van der Waals surface area contributed by atoms with Crippen molar-refractivity contribution in [3.63, 3.8) is 0 Å². The van der Waals surface area contributed by atoms with Crippen LogP contribution in [0.25, 0.3) is 0 Å². The average molecular weight is 270 g/mol. The van der Waals surface area contributed by atoms with E-state index in [2.05, 4.69) is 42.3 Å². The zero-order valence-corrected chi connectivity index (χ0v) is 12.4. The first kappa shape index (κ1) is 14.5. The van der Waals surface area contributed by atoms with Crippen molar-refractivity contribution >= 4 is 0 Å². The summed E-state index contributed by atoms with van der Waals surface area (Å²) in [5.74, 6) is 0.887. The Morgan fingerprint density at radius 1 is 1.25 bits per heavy atom. The number of methoxy groups -OCH3 is 1. The molecule has 3 heteroatoms. The first-order chi connectivity index (χ1) is 9.80. The summed E-state index contributed by atoms with van der Waals surface area (Å²) in [5, 5.41) is 3.56. The van der Waals surface area contributed by atoms with Gasteiger partial charge in [-0.3, -0.25) is 4.98 Å². The van der Waals surface area contributed by atoms with E-state index in [-0.39, 0.29) is 6.04 Å². The lowest BCUT2D eigenvalue weighted by molar-refractivity contribution is 0.413. The quantitative estimate of drug-likeness (QED) is 0.874. The fourth-order valence-electron chi connectivity index (χ4n) is 2.45. The molecule has 1 N–H and O–H groups in total. The van der Waals surface area contributed by atoms with Crippen LogP contribution >= 0.6 is 0 Å². The van der Waals surface area contributed by atoms with Crippen LogP contribution in [0, 0.1) is 0 Å². The third-order valence-electron chi connectivity index (χ3n) is 3.47. The second-order valence-electron chi connectivity index (χ2n) is 4.70. The van der Waals surface area contributed by atoms with Crippen molar-refractivity contribution in [2.45, 2.75) is 26.3 Å². The Hall–Kier alpha value is -1.87. The molecule has 1 aromatic carbocycles. The maximum atomic E-state index is 5.34. The Labute approximate surface area is 121 Å². The molecule has 1 unspecified atom stereocenters. The van der Waals surface area contributed by atoms with Crippen LogP contribution in [0.2, 0.25) is 0 Å². The molecule has 0 saturated carbocycles. The van der Waals surface area contributed by atoms with E-state index in [0.29, 0.717) is 0 Å². The molecule has 0 fully saturated rings. The summed E-state index contributed by atoms with van der Waals surface area (Å²) in [6.45, 7) is 5.20. The number of rotatable bonds is 6. The lowest BCUT2D eigenvalue weighted by Crippen LogP contribution is -2.23. The fourth-order valence-corrected chi connectivity index (χ4v) is 2.45. The Morgan fingerprint density at radius 3 is 2.80 bits per heavy atom. The zero-order valence-electron chi connectivity index (χ0n) is 12.4. The largest absolute Gasteiger partial charge is 0.497 e. The third-order valence-corrected chi connectivity index (χ3v) is 3.47. The van der Waals surface area contributed by atoms with Gasteiger partial charge in [-0.05, 0) is 47.9 Å². The predicted octanol–water partition coefficient (Wildman–Crippen LogP) is 3.35. The number of nitrogens with zero attached hydrogens (tertiary/aromatic N) is 1. The van der Waals surface area contributed by atoms with Crippen molar-refractivity contribution in [2.24, 2.45) is 0 Å². The minimum Gasteiger partial charge on any atom is -0.497 e. The van der Waals surface area contributed by atoms with Gasteiger partial charge >= 0.3 is 0 Å². The van der Waals surface area contributed by atoms with Crippen molar-refractivity contribution in [1.29, 1.82) is 0 Å². The lowest BCUT2D eigenvalue weighted by Gasteiger charge is -2.21. The van der Waals surface area contributed by atoms with Crippen LogP contribution in [0.1, 0.15) is 36.6 Å². The van der Waals surface area contributed by atoms with Crippen molar-refractivity contribution in [3.8, 4) is 5.75 Å². The molecule has 1 heterocycles. The maximum Gasteiger partial charge on any atom is 0.119 e. The van der Waals surface area contributed by atoms with Gasteiger partial charge in [0.15, 0.2) is 0 Å². The van der Waals surface area contributed by atoms with Gasteiger partial charge in [-0.25, -0.2) is 0 Å². The summed E-state index contributed by atoms with van der Waals surface area (Å²) >= 11 is 0. The van der Waals surface area contributed by atoms with Crippen LogP contribution in [-0.2, 0) is 6.42 Å². The number of pyridine rings is 1. The van der Waals surface area contributed by atoms with E-state index in [1.165, 1.54) is 16.7 Å². The number of ether oxygens (including phenoxy) is 1. The van der Waals surface area contributed by atoms with Gasteiger partial charge in [-0.2, -0.15) is 0 Å². The van der Waals surface area contributed by atoms with Gasteiger partial charge < -0.3 is 10.1 Å². The summed E-state index contributed by atoms with van der Waals surface area (Å²) in [4.78, 5) is 4.23. The molecule has 0 aliphatic rings. The first-order valence-electron chi connectivity index (χ1n) is 7.10. The maximum absolute atomic E-state index is 5.34. The van der Waals surface area contributed by atoms with E-state index in [9.17, 15) is 0 Å². The van der Waals surface area contributed by atoms with Crippen molar-refractivity contribution < 1.29 is 4.74 Å². The molecule has 20 heavy (non-hydrogen) atoms. The normalized spacial score (nSPS) is 12.2. The van der Waals surface area contributed by atoms with Crippen LogP contribution in [0.15, 0.2) is 42.7 Å². The smallest absolute Gasteiger partial charge is 0.119 e. The molecule has 2 aromatic rings. The van der Waals surface area contributed by atoms with Crippen LogP contribution in [0.4, 0.5) is 0 Å². The molecule has 0 spiro atoms. The highest BCUT2D eigenvalue weighted by molar-refractivity contribution is 5.39. The van der Waals surface area contributed by atoms with Crippen molar-refractivity contribution in [1.82, 2.24) is 10.3 Å². The Balaban J connectivity index is 2.44. The van der Waals surface area contributed by atoms with E-state index in [1.807, 2.05) is 24.5 Å². The molecule has 2 rings (SSSR count). The molecule has 0 amide bonds. The highest BCUT2D eigenvalue weighted by Crippen LogP contribution is 2.27. The average Bonchev–Trinajstić information content (AvgIpc) is 2.52. The standard InChI is InChI=1S/C17H22N2O/c1-4-13-12-18-10-9-16(13)17(19-5-2)14-7-6-8-15(11-14)20-3/h6-12,17,19H,4-5H2,1-3H3. The molecule has 1 atom stereocenters. The Bertz CT molecular complexity index is 554.